The molecule has 2 amide bonds. The second-order valence-corrected chi connectivity index (χ2v) is 10.4. The highest BCUT2D eigenvalue weighted by atomic mass is 32.2. The molecule has 240 valence electrons. The van der Waals surface area contributed by atoms with Crippen LogP contribution in [0.1, 0.15) is 16.2 Å². The third-order valence-corrected chi connectivity index (χ3v) is 6.92. The summed E-state index contributed by atoms with van der Waals surface area (Å²) in [5.41, 5.74) is 0.934. The van der Waals surface area contributed by atoms with Gasteiger partial charge in [-0.05, 0) is 26.2 Å². The van der Waals surface area contributed by atoms with Crippen molar-refractivity contribution < 1.29 is 64.2 Å². The molecule has 0 saturated heterocycles. The number of rotatable bonds is 6. The third-order valence-electron chi connectivity index (χ3n) is 5.08. The number of likely N-dealkylation sites (N-methyl/N-ethyl adjacent to an activating group) is 2. The summed E-state index contributed by atoms with van der Waals surface area (Å²) in [4.78, 5) is 48.6. The second kappa shape index (κ2) is 14.8. The number of amides is 2. The number of benzene rings is 1. The zero-order chi connectivity index (χ0) is 33.3. The lowest BCUT2D eigenvalue weighted by Crippen LogP contribution is -2.39. The Balaban J connectivity index is 0.000000548. The fraction of sp³-hybridized carbons (Fsp3) is 0.409. The van der Waals surface area contributed by atoms with E-state index in [-0.39, 0.29) is 23.7 Å². The molecule has 2 heterocycles. The standard InChI is InChI=1S/C18H24N6O4S.2C2HF3O2/c1-19-16(25)11-23-10-14-17(18(26)20-8-9-22(2)3)21-12-24(14)13-6-4-5-7-15(13)29(23,27)28;2*3-2(4,5)1(6)7/h4-7,12H,8-11H2,1-3H3,(H,19,25)(H,20,26);2*(H,6,7). The molecule has 0 saturated carbocycles. The Hall–Kier alpha value is -4.24. The zero-order valence-corrected chi connectivity index (χ0v) is 23.3. The van der Waals surface area contributed by atoms with Crippen LogP contribution in [0.15, 0.2) is 35.5 Å². The van der Waals surface area contributed by atoms with Crippen molar-refractivity contribution in [1.82, 2.24) is 29.4 Å². The van der Waals surface area contributed by atoms with Crippen molar-refractivity contribution in [3.8, 4) is 5.69 Å². The first kappa shape index (κ1) is 36.8. The molecule has 0 bridgehead atoms. The molecule has 1 aliphatic rings. The molecule has 1 aromatic heterocycles. The van der Waals surface area contributed by atoms with Gasteiger partial charge in [0.25, 0.3) is 5.91 Å². The van der Waals surface area contributed by atoms with E-state index in [2.05, 4.69) is 15.6 Å². The lowest BCUT2D eigenvalue weighted by atomic mass is 10.2. The van der Waals surface area contributed by atoms with Crippen LogP contribution in [0, 0.1) is 0 Å². The summed E-state index contributed by atoms with van der Waals surface area (Å²) in [6, 6.07) is 6.46. The van der Waals surface area contributed by atoms with E-state index < -0.39 is 46.1 Å². The topological polar surface area (TPSA) is 191 Å². The number of fused-ring (bicyclic) bond motifs is 3. The minimum absolute atomic E-state index is 0.0552. The smallest absolute Gasteiger partial charge is 0.475 e. The maximum Gasteiger partial charge on any atom is 0.490 e. The number of aromatic nitrogens is 2. The van der Waals surface area contributed by atoms with E-state index in [1.54, 1.807) is 22.8 Å². The van der Waals surface area contributed by atoms with Gasteiger partial charge >= 0.3 is 24.3 Å². The van der Waals surface area contributed by atoms with Gasteiger partial charge in [-0.3, -0.25) is 14.2 Å². The number of alkyl halides is 6. The Morgan fingerprint density at radius 2 is 1.51 bits per heavy atom. The average Bonchev–Trinajstić information content (AvgIpc) is 3.27. The number of imidazole rings is 1. The number of hydrogen-bond donors (Lipinski definition) is 4. The number of para-hydroxylation sites is 1. The summed E-state index contributed by atoms with van der Waals surface area (Å²) >= 11 is 0. The average molecular weight is 649 g/mol. The van der Waals surface area contributed by atoms with Crippen LogP contribution >= 0.6 is 0 Å². The van der Waals surface area contributed by atoms with Crippen LogP contribution in [0.3, 0.4) is 0 Å². The van der Waals surface area contributed by atoms with Gasteiger partial charge in [-0.2, -0.15) is 30.6 Å². The van der Waals surface area contributed by atoms with E-state index in [9.17, 15) is 44.3 Å². The van der Waals surface area contributed by atoms with Crippen LogP contribution in [-0.4, -0.2) is 114 Å². The van der Waals surface area contributed by atoms with Crippen molar-refractivity contribution in [1.29, 1.82) is 0 Å². The minimum Gasteiger partial charge on any atom is -0.475 e. The molecule has 0 aliphatic carbocycles. The van der Waals surface area contributed by atoms with Crippen LogP contribution in [0.25, 0.3) is 5.69 Å². The van der Waals surface area contributed by atoms with E-state index >= 15 is 0 Å². The number of carboxylic acid groups (broad SMARTS) is 2. The van der Waals surface area contributed by atoms with Crippen LogP contribution in [0.5, 0.6) is 0 Å². The van der Waals surface area contributed by atoms with Crippen LogP contribution in [0.2, 0.25) is 0 Å². The highest BCUT2D eigenvalue weighted by Gasteiger charge is 2.39. The van der Waals surface area contributed by atoms with Gasteiger partial charge in [-0.1, -0.05) is 12.1 Å². The number of halogens is 6. The Morgan fingerprint density at radius 3 is 1.98 bits per heavy atom. The van der Waals surface area contributed by atoms with Gasteiger partial charge in [-0.15, -0.1) is 0 Å². The molecule has 1 aromatic carbocycles. The summed E-state index contributed by atoms with van der Waals surface area (Å²) in [6.45, 7) is 0.567. The predicted octanol–water partition coefficient (Wildman–Crippen LogP) is 0.681. The Bertz CT molecular complexity index is 1400. The Kier molecular flexibility index (Phi) is 12.6. The molecule has 0 radical (unpaired) electrons. The maximum atomic E-state index is 13.2. The largest absolute Gasteiger partial charge is 0.490 e. The van der Waals surface area contributed by atoms with Gasteiger partial charge in [0.2, 0.25) is 15.9 Å². The molecule has 0 atom stereocenters. The first-order valence-corrected chi connectivity index (χ1v) is 13.0. The lowest BCUT2D eigenvalue weighted by molar-refractivity contribution is -0.193. The Labute approximate surface area is 239 Å². The molecule has 43 heavy (non-hydrogen) atoms. The molecule has 0 spiro atoms. The highest BCUT2D eigenvalue weighted by molar-refractivity contribution is 7.89. The molecule has 0 fully saturated rings. The van der Waals surface area contributed by atoms with E-state index in [0.717, 1.165) is 4.31 Å². The van der Waals surface area contributed by atoms with Crippen LogP contribution in [0.4, 0.5) is 26.3 Å². The van der Waals surface area contributed by atoms with Gasteiger partial charge in [0.05, 0.1) is 24.5 Å². The number of carbonyl (C=O) groups is 4. The summed E-state index contributed by atoms with van der Waals surface area (Å²) < 4.78 is 92.5. The number of aliphatic carboxylic acids is 2. The predicted molar refractivity (Wildman–Crippen MR) is 133 cm³/mol. The molecule has 2 aromatic rings. The monoisotopic (exact) mass is 648 g/mol. The van der Waals surface area contributed by atoms with E-state index in [0.29, 0.717) is 24.5 Å². The van der Waals surface area contributed by atoms with Gasteiger partial charge < -0.3 is 25.7 Å². The molecule has 14 nitrogen and oxygen atoms in total. The van der Waals surface area contributed by atoms with Crippen LogP contribution < -0.4 is 10.6 Å². The summed E-state index contributed by atoms with van der Waals surface area (Å²) in [7, 11) is 1.28. The number of sulfonamides is 1. The number of nitrogens with one attached hydrogen (secondary N) is 2. The lowest BCUT2D eigenvalue weighted by Gasteiger charge is -2.19. The molecule has 1 aliphatic heterocycles. The molecule has 21 heteroatoms. The third kappa shape index (κ3) is 10.5. The fourth-order valence-corrected chi connectivity index (χ4v) is 4.58. The number of hydrogen-bond acceptors (Lipinski definition) is 8. The quantitative estimate of drug-likeness (QED) is 0.324. The summed E-state index contributed by atoms with van der Waals surface area (Å²) in [6.07, 6.45) is -8.73. The highest BCUT2D eigenvalue weighted by Crippen LogP contribution is 2.31. The number of carbonyl (C=O) groups excluding carboxylic acids is 2. The molecular weight excluding hydrogens is 622 g/mol. The fourth-order valence-electron chi connectivity index (χ4n) is 3.04. The van der Waals surface area contributed by atoms with E-state index in [1.807, 2.05) is 19.0 Å². The number of nitrogens with zero attached hydrogens (tertiary/aromatic N) is 4. The van der Waals surface area contributed by atoms with Crippen molar-refractivity contribution in [2.75, 3.05) is 40.8 Å². The SMILES string of the molecule is CNC(=O)CN1Cc2c(C(=O)NCCN(C)C)ncn2-c2ccccc2S1(=O)=O.O=C(O)C(F)(F)F.O=C(O)C(F)(F)F. The van der Waals surface area contributed by atoms with Crippen molar-refractivity contribution >= 4 is 33.8 Å². The van der Waals surface area contributed by atoms with Crippen molar-refractivity contribution in [3.63, 3.8) is 0 Å². The second-order valence-electron chi connectivity index (χ2n) is 8.49. The van der Waals surface area contributed by atoms with Gasteiger partial charge in [0, 0.05) is 20.1 Å². The van der Waals surface area contributed by atoms with Gasteiger partial charge in [-0.25, -0.2) is 23.0 Å². The molecular formula is C22H26F6N6O8S. The summed E-state index contributed by atoms with van der Waals surface area (Å²) in [5, 5.41) is 19.5. The zero-order valence-electron chi connectivity index (χ0n) is 22.5. The Morgan fingerprint density at radius 1 is 1.00 bits per heavy atom. The van der Waals surface area contributed by atoms with Crippen molar-refractivity contribution in [3.05, 3.63) is 42.0 Å². The number of carboxylic acids is 2. The summed E-state index contributed by atoms with van der Waals surface area (Å²) in [5.74, 6) is -6.35. The normalized spacial score (nSPS) is 14.0. The molecule has 4 N–H and O–H groups in total. The first-order chi connectivity index (χ1) is 19.6. The van der Waals surface area contributed by atoms with E-state index in [1.165, 1.54) is 19.4 Å². The van der Waals surface area contributed by atoms with E-state index in [4.69, 9.17) is 19.8 Å². The molecule has 0 unspecified atom stereocenters. The van der Waals surface area contributed by atoms with Crippen LogP contribution in [-0.2, 0) is 31.0 Å². The van der Waals surface area contributed by atoms with Gasteiger partial charge in [0.15, 0.2) is 5.69 Å². The first-order valence-electron chi connectivity index (χ1n) is 11.5. The maximum absolute atomic E-state index is 13.2. The molecule has 3 rings (SSSR count). The van der Waals surface area contributed by atoms with Gasteiger partial charge in [0.1, 0.15) is 11.2 Å². The van der Waals surface area contributed by atoms with Crippen molar-refractivity contribution in [2.24, 2.45) is 0 Å². The van der Waals surface area contributed by atoms with Crippen molar-refractivity contribution in [2.45, 2.75) is 23.8 Å². The minimum atomic E-state index is -5.08.